The molecule has 0 unspecified atom stereocenters. The number of nitrogens with two attached hydrogens (primary N) is 1. The third kappa shape index (κ3) is 3.69. The number of rotatable bonds is 5. The standard InChI is InChI=1S/C16H20N2O2S/c1-12-5-3-4-6-15(12)11-18-21(19,20)16-8-7-14(10-17)9-13(16)2/h3-9,18H,10-11,17H2,1-2H3. The maximum atomic E-state index is 12.4. The largest absolute Gasteiger partial charge is 0.326 e. The molecule has 112 valence electrons. The Kier molecular flexibility index (Phi) is 4.77. The van der Waals surface area contributed by atoms with Crippen molar-refractivity contribution in [3.8, 4) is 0 Å². The summed E-state index contributed by atoms with van der Waals surface area (Å²) in [5, 5.41) is 0. The lowest BCUT2D eigenvalue weighted by Crippen LogP contribution is -2.24. The highest BCUT2D eigenvalue weighted by atomic mass is 32.2. The van der Waals surface area contributed by atoms with Crippen LogP contribution in [-0.4, -0.2) is 8.42 Å². The molecule has 5 heteroatoms. The zero-order chi connectivity index (χ0) is 15.5. The van der Waals surface area contributed by atoms with Gasteiger partial charge >= 0.3 is 0 Å². The van der Waals surface area contributed by atoms with Crippen LogP contribution in [0.5, 0.6) is 0 Å². The molecule has 3 N–H and O–H groups in total. The van der Waals surface area contributed by atoms with Crippen LogP contribution in [0.4, 0.5) is 0 Å². The first-order chi connectivity index (χ1) is 9.94. The van der Waals surface area contributed by atoms with E-state index in [1.807, 2.05) is 37.3 Å². The molecule has 0 saturated carbocycles. The molecule has 0 atom stereocenters. The van der Waals surface area contributed by atoms with Crippen molar-refractivity contribution < 1.29 is 8.42 Å². The Morgan fingerprint density at radius 2 is 1.76 bits per heavy atom. The van der Waals surface area contributed by atoms with E-state index < -0.39 is 10.0 Å². The fraction of sp³-hybridized carbons (Fsp3) is 0.250. The monoisotopic (exact) mass is 304 g/mol. The molecule has 0 spiro atoms. The van der Waals surface area contributed by atoms with E-state index in [1.165, 1.54) is 0 Å². The van der Waals surface area contributed by atoms with Crippen molar-refractivity contribution in [3.05, 3.63) is 64.7 Å². The number of sulfonamides is 1. The van der Waals surface area contributed by atoms with Gasteiger partial charge in [0.2, 0.25) is 10.0 Å². The SMILES string of the molecule is Cc1ccccc1CNS(=O)(=O)c1ccc(CN)cc1C. The van der Waals surface area contributed by atoms with Gasteiger partial charge in [0, 0.05) is 13.1 Å². The molecule has 0 radical (unpaired) electrons. The van der Waals surface area contributed by atoms with Crippen LogP contribution in [0.3, 0.4) is 0 Å². The summed E-state index contributed by atoms with van der Waals surface area (Å²) in [6.45, 7) is 4.43. The molecule has 0 fully saturated rings. The number of benzene rings is 2. The lowest BCUT2D eigenvalue weighted by molar-refractivity contribution is 0.580. The maximum absolute atomic E-state index is 12.4. The number of hydrogen-bond acceptors (Lipinski definition) is 3. The van der Waals surface area contributed by atoms with Gasteiger partial charge in [-0.2, -0.15) is 0 Å². The lowest BCUT2D eigenvalue weighted by Gasteiger charge is -2.11. The van der Waals surface area contributed by atoms with Gasteiger partial charge in [-0.3, -0.25) is 0 Å². The number of aryl methyl sites for hydroxylation is 2. The third-order valence-corrected chi connectivity index (χ3v) is 5.04. The average molecular weight is 304 g/mol. The van der Waals surface area contributed by atoms with Crippen molar-refractivity contribution in [1.82, 2.24) is 4.72 Å². The fourth-order valence-corrected chi connectivity index (χ4v) is 3.43. The van der Waals surface area contributed by atoms with Crippen molar-refractivity contribution in [2.24, 2.45) is 5.73 Å². The van der Waals surface area contributed by atoms with Crippen LogP contribution in [0.25, 0.3) is 0 Å². The molecule has 21 heavy (non-hydrogen) atoms. The first-order valence-corrected chi connectivity index (χ1v) is 8.26. The van der Waals surface area contributed by atoms with Gasteiger partial charge < -0.3 is 5.73 Å². The Balaban J connectivity index is 2.21. The predicted octanol–water partition coefficient (Wildman–Crippen LogP) is 2.24. The first-order valence-electron chi connectivity index (χ1n) is 6.78. The summed E-state index contributed by atoms with van der Waals surface area (Å²) in [4.78, 5) is 0.299. The van der Waals surface area contributed by atoms with E-state index in [9.17, 15) is 8.42 Å². The third-order valence-electron chi connectivity index (χ3n) is 3.48. The van der Waals surface area contributed by atoms with Crippen LogP contribution in [0.15, 0.2) is 47.4 Å². The summed E-state index contributed by atoms with van der Waals surface area (Å²) in [5.74, 6) is 0. The summed E-state index contributed by atoms with van der Waals surface area (Å²) in [6.07, 6.45) is 0. The highest BCUT2D eigenvalue weighted by Gasteiger charge is 2.16. The van der Waals surface area contributed by atoms with E-state index in [2.05, 4.69) is 4.72 Å². The van der Waals surface area contributed by atoms with Crippen LogP contribution >= 0.6 is 0 Å². The molecule has 0 aliphatic carbocycles. The van der Waals surface area contributed by atoms with E-state index in [-0.39, 0.29) is 6.54 Å². The lowest BCUT2D eigenvalue weighted by atomic mass is 10.1. The van der Waals surface area contributed by atoms with Gasteiger partial charge in [0.25, 0.3) is 0 Å². The quantitative estimate of drug-likeness (QED) is 0.890. The van der Waals surface area contributed by atoms with Gasteiger partial charge in [-0.05, 0) is 42.2 Å². The van der Waals surface area contributed by atoms with Gasteiger partial charge in [-0.1, -0.05) is 36.4 Å². The molecule has 4 nitrogen and oxygen atoms in total. The van der Waals surface area contributed by atoms with Crippen molar-refractivity contribution in [3.63, 3.8) is 0 Å². The molecule has 0 saturated heterocycles. The molecule has 2 aromatic rings. The van der Waals surface area contributed by atoms with Gasteiger partial charge in [-0.15, -0.1) is 0 Å². The summed E-state index contributed by atoms with van der Waals surface area (Å²) in [5.41, 5.74) is 9.22. The molecule has 0 amide bonds. The van der Waals surface area contributed by atoms with Crippen LogP contribution in [-0.2, 0) is 23.1 Å². The van der Waals surface area contributed by atoms with Crippen LogP contribution in [0.2, 0.25) is 0 Å². The van der Waals surface area contributed by atoms with E-state index >= 15 is 0 Å². The Bertz CT molecular complexity index is 740. The predicted molar refractivity (Wildman–Crippen MR) is 84.3 cm³/mol. The maximum Gasteiger partial charge on any atom is 0.241 e. The Hall–Kier alpha value is -1.69. The zero-order valence-corrected chi connectivity index (χ0v) is 13.1. The normalized spacial score (nSPS) is 11.6. The highest BCUT2D eigenvalue weighted by molar-refractivity contribution is 7.89. The Morgan fingerprint density at radius 1 is 1.05 bits per heavy atom. The van der Waals surface area contributed by atoms with Gasteiger partial charge in [0.05, 0.1) is 4.90 Å². The zero-order valence-electron chi connectivity index (χ0n) is 12.3. The van der Waals surface area contributed by atoms with Crippen molar-refractivity contribution >= 4 is 10.0 Å². The smallest absolute Gasteiger partial charge is 0.241 e. The van der Waals surface area contributed by atoms with Crippen molar-refractivity contribution in [2.75, 3.05) is 0 Å². The van der Waals surface area contributed by atoms with Crippen LogP contribution < -0.4 is 10.5 Å². The van der Waals surface area contributed by atoms with Gasteiger partial charge in [0.15, 0.2) is 0 Å². The second kappa shape index (κ2) is 6.39. The van der Waals surface area contributed by atoms with E-state index in [1.54, 1.807) is 19.1 Å². The topological polar surface area (TPSA) is 72.2 Å². The Morgan fingerprint density at radius 3 is 2.38 bits per heavy atom. The van der Waals surface area contributed by atoms with E-state index in [0.717, 1.165) is 16.7 Å². The minimum Gasteiger partial charge on any atom is -0.326 e. The van der Waals surface area contributed by atoms with Crippen molar-refractivity contribution in [1.29, 1.82) is 0 Å². The molecular formula is C16H20N2O2S. The van der Waals surface area contributed by atoms with Crippen LogP contribution in [0, 0.1) is 13.8 Å². The molecule has 0 aliphatic rings. The molecule has 0 aromatic heterocycles. The van der Waals surface area contributed by atoms with Crippen LogP contribution in [0.1, 0.15) is 22.3 Å². The second-order valence-electron chi connectivity index (χ2n) is 5.06. The molecule has 0 aliphatic heterocycles. The summed E-state index contributed by atoms with van der Waals surface area (Å²) in [7, 11) is -3.52. The summed E-state index contributed by atoms with van der Waals surface area (Å²) in [6, 6.07) is 12.9. The first kappa shape index (κ1) is 15.7. The van der Waals surface area contributed by atoms with Gasteiger partial charge in [0.1, 0.15) is 0 Å². The van der Waals surface area contributed by atoms with E-state index in [0.29, 0.717) is 17.0 Å². The molecule has 2 aromatic carbocycles. The highest BCUT2D eigenvalue weighted by Crippen LogP contribution is 2.17. The minimum atomic E-state index is -3.52. The second-order valence-corrected chi connectivity index (χ2v) is 6.79. The minimum absolute atomic E-state index is 0.285. The van der Waals surface area contributed by atoms with Gasteiger partial charge in [-0.25, -0.2) is 13.1 Å². The number of hydrogen-bond donors (Lipinski definition) is 2. The summed E-state index contributed by atoms with van der Waals surface area (Å²) < 4.78 is 27.4. The van der Waals surface area contributed by atoms with Crippen molar-refractivity contribution in [2.45, 2.75) is 31.8 Å². The molecule has 2 rings (SSSR count). The molecule has 0 bridgehead atoms. The fourth-order valence-electron chi connectivity index (χ4n) is 2.20. The average Bonchev–Trinajstić information content (AvgIpc) is 2.46. The Labute approximate surface area is 126 Å². The summed E-state index contributed by atoms with van der Waals surface area (Å²) >= 11 is 0. The molecular weight excluding hydrogens is 284 g/mol. The number of nitrogens with one attached hydrogen (secondary N) is 1. The van der Waals surface area contributed by atoms with E-state index in [4.69, 9.17) is 5.73 Å². The molecule has 0 heterocycles.